The monoisotopic (exact) mass is 343 g/mol. The zero-order chi connectivity index (χ0) is 17.4. The third kappa shape index (κ3) is 3.06. The van der Waals surface area contributed by atoms with Crippen molar-refractivity contribution in [1.82, 2.24) is 15.5 Å². The minimum atomic E-state index is -0.189. The lowest BCUT2D eigenvalue weighted by Gasteiger charge is -2.27. The van der Waals surface area contributed by atoms with Crippen LogP contribution >= 0.6 is 0 Å². The molecule has 2 atom stereocenters. The van der Waals surface area contributed by atoms with E-state index >= 15 is 0 Å². The molecule has 7 heteroatoms. The molecule has 132 valence electrons. The lowest BCUT2D eigenvalue weighted by Crippen LogP contribution is -2.41. The number of benzene rings is 1. The summed E-state index contributed by atoms with van der Waals surface area (Å²) < 4.78 is 5.59. The van der Waals surface area contributed by atoms with Gasteiger partial charge in [-0.3, -0.25) is 14.4 Å². The molecule has 2 bridgehead atoms. The summed E-state index contributed by atoms with van der Waals surface area (Å²) >= 11 is 0. The second-order valence-corrected chi connectivity index (χ2v) is 6.86. The van der Waals surface area contributed by atoms with Gasteiger partial charge in [0.2, 0.25) is 5.91 Å². The summed E-state index contributed by atoms with van der Waals surface area (Å²) in [6.45, 7) is 1.79. The maximum absolute atomic E-state index is 13.0. The Labute approximate surface area is 145 Å². The molecule has 0 spiro atoms. The Morgan fingerprint density at radius 2 is 2.08 bits per heavy atom. The van der Waals surface area contributed by atoms with E-state index < -0.39 is 0 Å². The van der Waals surface area contributed by atoms with Crippen LogP contribution in [0.1, 0.15) is 40.0 Å². The molecular weight excluding hydrogens is 322 g/mol. The van der Waals surface area contributed by atoms with Gasteiger partial charge in [0.15, 0.2) is 0 Å². The molecule has 1 aromatic rings. The zero-order valence-corrected chi connectivity index (χ0v) is 13.9. The fraction of sp³-hybridized carbons (Fsp3) is 0.500. The first-order chi connectivity index (χ1) is 12.1. The van der Waals surface area contributed by atoms with E-state index in [-0.39, 0.29) is 29.7 Å². The number of likely N-dealkylation sites (tertiary alicyclic amines) is 1. The first-order valence-electron chi connectivity index (χ1n) is 8.76. The van der Waals surface area contributed by atoms with Gasteiger partial charge < -0.3 is 20.3 Å². The predicted molar refractivity (Wildman–Crippen MR) is 89.4 cm³/mol. The summed E-state index contributed by atoms with van der Waals surface area (Å²) in [4.78, 5) is 38.9. The van der Waals surface area contributed by atoms with E-state index in [2.05, 4.69) is 10.6 Å². The second kappa shape index (κ2) is 6.38. The van der Waals surface area contributed by atoms with E-state index in [1.165, 1.54) is 0 Å². The molecule has 2 saturated heterocycles. The third-order valence-corrected chi connectivity index (χ3v) is 5.11. The largest absolute Gasteiger partial charge is 0.491 e. The Kier molecular flexibility index (Phi) is 4.07. The Balaban J connectivity index is 1.59. The highest BCUT2D eigenvalue weighted by atomic mass is 16.5. The summed E-state index contributed by atoms with van der Waals surface area (Å²) in [6.07, 6.45) is 2.73. The molecule has 3 aliphatic rings. The molecule has 3 amide bonds. The van der Waals surface area contributed by atoms with Crippen molar-refractivity contribution < 1.29 is 19.1 Å². The zero-order valence-electron chi connectivity index (χ0n) is 13.9. The molecule has 2 fully saturated rings. The first kappa shape index (κ1) is 15.9. The summed E-state index contributed by atoms with van der Waals surface area (Å²) in [5.41, 5.74) is 0.930. The van der Waals surface area contributed by atoms with E-state index in [1.54, 1.807) is 23.1 Å². The Morgan fingerprint density at radius 1 is 1.20 bits per heavy atom. The number of nitrogens with one attached hydrogen (secondary N) is 2. The minimum Gasteiger partial charge on any atom is -0.491 e. The smallest absolute Gasteiger partial charge is 0.255 e. The van der Waals surface area contributed by atoms with Gasteiger partial charge in [-0.05, 0) is 31.0 Å². The van der Waals surface area contributed by atoms with Crippen LogP contribution in [0.3, 0.4) is 0 Å². The van der Waals surface area contributed by atoms with E-state index in [0.29, 0.717) is 43.1 Å². The topological polar surface area (TPSA) is 87.7 Å². The molecule has 0 saturated carbocycles. The quantitative estimate of drug-likeness (QED) is 0.779. The molecule has 1 aromatic carbocycles. The van der Waals surface area contributed by atoms with Crippen LogP contribution in [0, 0.1) is 5.92 Å². The van der Waals surface area contributed by atoms with Crippen LogP contribution in [0.4, 0.5) is 0 Å². The molecule has 2 N–H and O–H groups in total. The van der Waals surface area contributed by atoms with Crippen molar-refractivity contribution in [2.75, 3.05) is 26.2 Å². The molecule has 25 heavy (non-hydrogen) atoms. The minimum absolute atomic E-state index is 0.0202. The lowest BCUT2D eigenvalue weighted by atomic mass is 9.98. The standard InChI is InChI=1S/C18H21N3O4/c22-16-12-2-1-3-13(20-16)10-21(9-12)18(24)11-4-5-14-15(8-11)25-7-6-19-17(14)23/h4-5,8,12-13H,1-3,6-7,9-10H2,(H,19,23)(H,20,22). The average Bonchev–Trinajstić information content (AvgIpc) is 2.95. The van der Waals surface area contributed by atoms with Crippen molar-refractivity contribution in [3.63, 3.8) is 0 Å². The number of ether oxygens (including phenoxy) is 1. The lowest BCUT2D eigenvalue weighted by molar-refractivity contribution is -0.124. The summed E-state index contributed by atoms with van der Waals surface area (Å²) in [6, 6.07) is 4.95. The molecular formula is C18H21N3O4. The molecule has 7 nitrogen and oxygen atoms in total. The Morgan fingerprint density at radius 3 is 2.96 bits per heavy atom. The van der Waals surface area contributed by atoms with Gasteiger partial charge in [-0.2, -0.15) is 0 Å². The van der Waals surface area contributed by atoms with Gasteiger partial charge in [-0.25, -0.2) is 0 Å². The van der Waals surface area contributed by atoms with Crippen LogP contribution in [-0.4, -0.2) is 54.9 Å². The van der Waals surface area contributed by atoms with Crippen LogP contribution in [0.5, 0.6) is 5.75 Å². The summed E-state index contributed by atoms with van der Waals surface area (Å²) in [7, 11) is 0. The molecule has 2 unspecified atom stereocenters. The highest BCUT2D eigenvalue weighted by Crippen LogP contribution is 2.26. The van der Waals surface area contributed by atoms with Gasteiger partial charge in [0.05, 0.1) is 18.0 Å². The van der Waals surface area contributed by atoms with Crippen molar-refractivity contribution in [2.24, 2.45) is 5.92 Å². The van der Waals surface area contributed by atoms with Crippen molar-refractivity contribution in [2.45, 2.75) is 25.3 Å². The van der Waals surface area contributed by atoms with Gasteiger partial charge in [0.25, 0.3) is 11.8 Å². The Bertz CT molecular complexity index is 733. The van der Waals surface area contributed by atoms with Crippen molar-refractivity contribution >= 4 is 17.7 Å². The van der Waals surface area contributed by atoms with Gasteiger partial charge in [-0.1, -0.05) is 6.42 Å². The molecule has 0 aliphatic carbocycles. The van der Waals surface area contributed by atoms with Crippen LogP contribution in [0.2, 0.25) is 0 Å². The van der Waals surface area contributed by atoms with Crippen LogP contribution < -0.4 is 15.4 Å². The van der Waals surface area contributed by atoms with E-state index in [9.17, 15) is 14.4 Å². The maximum Gasteiger partial charge on any atom is 0.255 e. The fourth-order valence-electron chi connectivity index (χ4n) is 3.78. The Hall–Kier alpha value is -2.57. The number of nitrogens with zero attached hydrogens (tertiary/aromatic N) is 1. The van der Waals surface area contributed by atoms with Crippen LogP contribution in [0.25, 0.3) is 0 Å². The normalized spacial score (nSPS) is 25.7. The van der Waals surface area contributed by atoms with Crippen molar-refractivity contribution in [1.29, 1.82) is 0 Å². The van der Waals surface area contributed by atoms with Crippen molar-refractivity contribution in [3.05, 3.63) is 29.3 Å². The molecule has 4 rings (SSSR count). The summed E-state index contributed by atoms with van der Waals surface area (Å²) in [5, 5.41) is 5.78. The average molecular weight is 343 g/mol. The first-order valence-corrected chi connectivity index (χ1v) is 8.76. The number of carbonyl (C=O) groups excluding carboxylic acids is 3. The van der Waals surface area contributed by atoms with Crippen molar-refractivity contribution in [3.8, 4) is 5.75 Å². The second-order valence-electron chi connectivity index (χ2n) is 6.86. The predicted octanol–water partition coefficient (Wildman–Crippen LogP) is 0.550. The maximum atomic E-state index is 13.0. The number of hydrogen-bond acceptors (Lipinski definition) is 4. The molecule has 3 heterocycles. The molecule has 0 aromatic heterocycles. The van der Waals surface area contributed by atoms with Gasteiger partial charge in [-0.15, -0.1) is 0 Å². The van der Waals surface area contributed by atoms with E-state index in [4.69, 9.17) is 4.74 Å². The van der Waals surface area contributed by atoms with Gasteiger partial charge in [0, 0.05) is 24.7 Å². The van der Waals surface area contributed by atoms with Crippen LogP contribution in [0.15, 0.2) is 18.2 Å². The number of carbonyl (C=O) groups is 3. The number of fused-ring (bicyclic) bond motifs is 4. The van der Waals surface area contributed by atoms with Crippen LogP contribution in [-0.2, 0) is 4.79 Å². The molecule has 3 aliphatic heterocycles. The third-order valence-electron chi connectivity index (χ3n) is 5.11. The SMILES string of the molecule is O=C1NCCOc2cc(C(=O)N3CC4CCCC(C3)C(=O)N4)ccc21. The van der Waals surface area contributed by atoms with E-state index in [0.717, 1.165) is 19.3 Å². The molecule has 0 radical (unpaired) electrons. The summed E-state index contributed by atoms with van der Waals surface area (Å²) in [5.74, 6) is 0.0409. The van der Waals surface area contributed by atoms with Gasteiger partial charge >= 0.3 is 0 Å². The number of hydrogen-bond donors (Lipinski definition) is 2. The van der Waals surface area contributed by atoms with E-state index in [1.807, 2.05) is 0 Å². The highest BCUT2D eigenvalue weighted by Gasteiger charge is 2.35. The van der Waals surface area contributed by atoms with Gasteiger partial charge in [0.1, 0.15) is 12.4 Å². The fourth-order valence-corrected chi connectivity index (χ4v) is 3.78. The highest BCUT2D eigenvalue weighted by molar-refractivity contribution is 6.00. The number of rotatable bonds is 1. The number of amides is 3.